The smallest absolute Gasteiger partial charge is 0.251 e. The Balaban J connectivity index is 1.84. The molecule has 2 aromatic rings. The van der Waals surface area contributed by atoms with Crippen LogP contribution in [0.4, 0.5) is 0 Å². The molecule has 0 unspecified atom stereocenters. The number of pyridine rings is 2. The van der Waals surface area contributed by atoms with Gasteiger partial charge in [-0.15, -0.1) is 0 Å². The van der Waals surface area contributed by atoms with Gasteiger partial charge in [-0.1, -0.05) is 12.1 Å². The summed E-state index contributed by atoms with van der Waals surface area (Å²) in [5.74, 6) is 0. The van der Waals surface area contributed by atoms with Crippen molar-refractivity contribution in [2.45, 2.75) is 19.4 Å². The van der Waals surface area contributed by atoms with Gasteiger partial charge in [0.2, 0.25) is 0 Å². The monoisotopic (exact) mass is 313 g/mol. The van der Waals surface area contributed by atoms with Crippen LogP contribution < -0.4 is 5.56 Å². The molecule has 0 amide bonds. The predicted molar refractivity (Wildman–Crippen MR) is 89.8 cm³/mol. The molecule has 5 nitrogen and oxygen atoms in total. The summed E-state index contributed by atoms with van der Waals surface area (Å²) in [6, 6.07) is 7.62. The zero-order valence-corrected chi connectivity index (χ0v) is 13.6. The number of methoxy groups -OCH3 is 1. The van der Waals surface area contributed by atoms with E-state index in [1.165, 1.54) is 11.3 Å². The van der Waals surface area contributed by atoms with Crippen LogP contribution >= 0.6 is 0 Å². The molecule has 0 atom stereocenters. The maximum absolute atomic E-state index is 12.4. The fourth-order valence-electron chi connectivity index (χ4n) is 3.13. The highest BCUT2D eigenvalue weighted by Gasteiger charge is 2.17. The number of hydrogen-bond donors (Lipinski definition) is 0. The summed E-state index contributed by atoms with van der Waals surface area (Å²) in [5.41, 5.74) is 3.58. The number of hydrogen-bond acceptors (Lipinski definition) is 4. The summed E-state index contributed by atoms with van der Waals surface area (Å²) in [4.78, 5) is 18.9. The van der Waals surface area contributed by atoms with E-state index in [1.54, 1.807) is 19.4 Å². The maximum atomic E-state index is 12.4. The second-order valence-corrected chi connectivity index (χ2v) is 5.93. The van der Waals surface area contributed by atoms with Crippen LogP contribution in [0.1, 0.15) is 16.8 Å². The second-order valence-electron chi connectivity index (χ2n) is 5.93. The first-order valence-corrected chi connectivity index (χ1v) is 8.09. The number of ether oxygens (including phenoxy) is 1. The number of fused-ring (bicyclic) bond motifs is 1. The quantitative estimate of drug-likeness (QED) is 0.836. The van der Waals surface area contributed by atoms with E-state index in [9.17, 15) is 4.79 Å². The Kier molecular flexibility index (Phi) is 5.20. The summed E-state index contributed by atoms with van der Waals surface area (Å²) in [6.07, 6.45) is 5.46. The summed E-state index contributed by atoms with van der Waals surface area (Å²) in [6.45, 7) is 4.26. The molecular formula is C18H23N3O2. The summed E-state index contributed by atoms with van der Waals surface area (Å²) >= 11 is 0. The third-order valence-electron chi connectivity index (χ3n) is 4.43. The fourth-order valence-corrected chi connectivity index (χ4v) is 3.13. The summed E-state index contributed by atoms with van der Waals surface area (Å²) in [5, 5.41) is 0. The Morgan fingerprint density at radius 3 is 2.87 bits per heavy atom. The van der Waals surface area contributed by atoms with E-state index in [-0.39, 0.29) is 5.56 Å². The molecule has 0 saturated carbocycles. The van der Waals surface area contributed by atoms with Gasteiger partial charge in [-0.05, 0) is 23.6 Å². The normalized spacial score (nSPS) is 15.2. The second kappa shape index (κ2) is 7.53. The van der Waals surface area contributed by atoms with Gasteiger partial charge in [0.15, 0.2) is 0 Å². The van der Waals surface area contributed by atoms with Crippen LogP contribution in [0.2, 0.25) is 0 Å². The SMILES string of the molecule is COCCN1CCc2ccc(=O)n(Cc3cccnc3)c2CC1. The van der Waals surface area contributed by atoms with Crippen LogP contribution in [-0.2, 0) is 24.1 Å². The van der Waals surface area contributed by atoms with Gasteiger partial charge in [-0.3, -0.25) is 9.78 Å². The van der Waals surface area contributed by atoms with Gasteiger partial charge in [0.25, 0.3) is 5.56 Å². The van der Waals surface area contributed by atoms with Crippen LogP contribution in [0, 0.1) is 0 Å². The summed E-state index contributed by atoms with van der Waals surface area (Å²) < 4.78 is 7.09. The highest BCUT2D eigenvalue weighted by molar-refractivity contribution is 5.25. The van der Waals surface area contributed by atoms with Crippen molar-refractivity contribution in [1.82, 2.24) is 14.5 Å². The molecule has 0 spiro atoms. The van der Waals surface area contributed by atoms with Gasteiger partial charge in [0, 0.05) is 57.3 Å². The van der Waals surface area contributed by atoms with Crippen molar-refractivity contribution >= 4 is 0 Å². The Morgan fingerprint density at radius 2 is 2.09 bits per heavy atom. The molecule has 3 rings (SSSR count). The molecule has 2 aromatic heterocycles. The van der Waals surface area contributed by atoms with Crippen molar-refractivity contribution in [3.05, 3.63) is 63.8 Å². The van der Waals surface area contributed by atoms with Gasteiger partial charge < -0.3 is 14.2 Å². The van der Waals surface area contributed by atoms with Crippen molar-refractivity contribution in [2.24, 2.45) is 0 Å². The van der Waals surface area contributed by atoms with E-state index in [2.05, 4.69) is 9.88 Å². The van der Waals surface area contributed by atoms with Crippen LogP contribution in [-0.4, -0.2) is 47.8 Å². The number of nitrogens with zero attached hydrogens (tertiary/aromatic N) is 3. The number of aromatic nitrogens is 2. The van der Waals surface area contributed by atoms with Crippen LogP contribution in [0.15, 0.2) is 41.5 Å². The van der Waals surface area contributed by atoms with Crippen LogP contribution in [0.25, 0.3) is 0 Å². The first-order chi connectivity index (χ1) is 11.3. The largest absolute Gasteiger partial charge is 0.383 e. The molecule has 0 aromatic carbocycles. The Bertz CT molecular complexity index is 697. The van der Waals surface area contributed by atoms with Crippen molar-refractivity contribution in [1.29, 1.82) is 0 Å². The molecule has 0 saturated heterocycles. The van der Waals surface area contributed by atoms with Crippen LogP contribution in [0.5, 0.6) is 0 Å². The minimum atomic E-state index is 0.0675. The Labute approximate surface area is 136 Å². The fraction of sp³-hybridized carbons (Fsp3) is 0.444. The minimum absolute atomic E-state index is 0.0675. The van der Waals surface area contributed by atoms with Crippen molar-refractivity contribution in [3.8, 4) is 0 Å². The third kappa shape index (κ3) is 3.86. The molecule has 0 radical (unpaired) electrons. The van der Waals surface area contributed by atoms with E-state index >= 15 is 0 Å². The summed E-state index contributed by atoms with van der Waals surface area (Å²) in [7, 11) is 1.73. The van der Waals surface area contributed by atoms with Gasteiger partial charge >= 0.3 is 0 Å². The van der Waals surface area contributed by atoms with E-state index in [4.69, 9.17) is 4.74 Å². The highest BCUT2D eigenvalue weighted by atomic mass is 16.5. The topological polar surface area (TPSA) is 47.4 Å². The molecule has 0 N–H and O–H groups in total. The van der Waals surface area contributed by atoms with Crippen molar-refractivity contribution < 1.29 is 4.74 Å². The molecule has 0 fully saturated rings. The van der Waals surface area contributed by atoms with E-state index in [0.717, 1.165) is 44.6 Å². The highest BCUT2D eigenvalue weighted by Crippen LogP contribution is 2.15. The molecule has 5 heteroatoms. The minimum Gasteiger partial charge on any atom is -0.383 e. The Morgan fingerprint density at radius 1 is 1.22 bits per heavy atom. The van der Waals surface area contributed by atoms with Crippen molar-refractivity contribution in [3.63, 3.8) is 0 Å². The average Bonchev–Trinajstić information content (AvgIpc) is 2.79. The number of rotatable bonds is 5. The van der Waals surface area contributed by atoms with E-state index in [0.29, 0.717) is 6.54 Å². The maximum Gasteiger partial charge on any atom is 0.251 e. The van der Waals surface area contributed by atoms with Gasteiger partial charge in [0.1, 0.15) is 0 Å². The predicted octanol–water partition coefficient (Wildman–Crippen LogP) is 1.34. The lowest BCUT2D eigenvalue weighted by Crippen LogP contribution is -2.30. The van der Waals surface area contributed by atoms with Gasteiger partial charge in [-0.25, -0.2) is 0 Å². The molecule has 0 bridgehead atoms. The van der Waals surface area contributed by atoms with Crippen molar-refractivity contribution in [2.75, 3.05) is 33.4 Å². The van der Waals surface area contributed by atoms with Gasteiger partial charge in [-0.2, -0.15) is 0 Å². The average molecular weight is 313 g/mol. The molecule has 3 heterocycles. The first-order valence-electron chi connectivity index (χ1n) is 8.09. The molecular weight excluding hydrogens is 290 g/mol. The lowest BCUT2D eigenvalue weighted by Gasteiger charge is -2.18. The molecule has 1 aliphatic heterocycles. The molecule has 23 heavy (non-hydrogen) atoms. The van der Waals surface area contributed by atoms with Gasteiger partial charge in [0.05, 0.1) is 13.2 Å². The molecule has 1 aliphatic rings. The lowest BCUT2D eigenvalue weighted by molar-refractivity contribution is 0.150. The zero-order valence-electron chi connectivity index (χ0n) is 13.6. The standard InChI is InChI=1S/C18H23N3O2/c1-23-12-11-20-9-6-16-4-5-18(22)21(17(16)7-10-20)14-15-3-2-8-19-13-15/h2-5,8,13H,6-7,9-12,14H2,1H3. The molecule has 122 valence electrons. The van der Waals surface area contributed by atoms with E-state index in [1.807, 2.05) is 29.0 Å². The van der Waals surface area contributed by atoms with E-state index < -0.39 is 0 Å². The third-order valence-corrected chi connectivity index (χ3v) is 4.43. The van der Waals surface area contributed by atoms with Crippen LogP contribution in [0.3, 0.4) is 0 Å². The first kappa shape index (κ1) is 15.9. The Hall–Kier alpha value is -1.98. The molecule has 0 aliphatic carbocycles. The zero-order chi connectivity index (χ0) is 16.1. The lowest BCUT2D eigenvalue weighted by atomic mass is 10.1.